The lowest BCUT2D eigenvalue weighted by molar-refractivity contribution is -0.136. The Morgan fingerprint density at radius 3 is 2.47 bits per heavy atom. The number of halogens is 1. The summed E-state index contributed by atoms with van der Waals surface area (Å²) in [5.74, 6) is 0.611. The lowest BCUT2D eigenvalue weighted by Gasteiger charge is -2.38. The number of nitrogens with two attached hydrogens (primary N) is 1. The van der Waals surface area contributed by atoms with Gasteiger partial charge in [-0.15, -0.1) is 22.6 Å². The molecule has 5 heterocycles. The Morgan fingerprint density at radius 2 is 1.71 bits per heavy atom. The molecule has 0 radical (unpaired) electrons. The molecule has 3 aromatic carbocycles. The molecule has 68 heavy (non-hydrogen) atoms. The number of aromatic nitrogens is 5. The van der Waals surface area contributed by atoms with Crippen LogP contribution in [0, 0.1) is 0 Å². The summed E-state index contributed by atoms with van der Waals surface area (Å²) < 4.78 is 17.9. The van der Waals surface area contributed by atoms with Gasteiger partial charge in [0.15, 0.2) is 11.6 Å². The number of anilines is 2. The zero-order valence-corrected chi connectivity index (χ0v) is 39.1. The van der Waals surface area contributed by atoms with Crippen molar-refractivity contribution < 1.29 is 33.4 Å². The molecule has 3 aliphatic rings. The number of H-pyrrole nitrogens is 1. The van der Waals surface area contributed by atoms with Crippen LogP contribution in [0.15, 0.2) is 73.2 Å². The molecule has 8 rings (SSSR count). The van der Waals surface area contributed by atoms with Crippen molar-refractivity contribution in [3.05, 3.63) is 101 Å². The fourth-order valence-electron chi connectivity index (χ4n) is 9.10. The summed E-state index contributed by atoms with van der Waals surface area (Å²) in [6.45, 7) is 7.09. The number of imide groups is 1. The number of aromatic amines is 1. The maximum atomic E-state index is 13.1. The minimum Gasteiger partial charge on any atom is -0.494 e. The predicted octanol–water partition coefficient (Wildman–Crippen LogP) is 5.55. The van der Waals surface area contributed by atoms with Gasteiger partial charge in [-0.05, 0) is 106 Å². The van der Waals surface area contributed by atoms with E-state index in [1.807, 2.05) is 49.4 Å². The van der Waals surface area contributed by atoms with Crippen molar-refractivity contribution >= 4 is 47.4 Å². The topological polar surface area (TPSA) is 241 Å². The number of rotatable bonds is 23. The van der Waals surface area contributed by atoms with Crippen LogP contribution in [0.25, 0.3) is 22.6 Å². The van der Waals surface area contributed by atoms with Gasteiger partial charge < -0.3 is 45.8 Å². The fraction of sp³-hybridized carbons (Fsp3) is 0.429. The van der Waals surface area contributed by atoms with E-state index >= 15 is 0 Å². The lowest BCUT2D eigenvalue weighted by Crippen LogP contribution is -2.52. The number of amides is 4. The van der Waals surface area contributed by atoms with Gasteiger partial charge in [0, 0.05) is 65.9 Å². The normalized spacial score (nSPS) is 16.5. The van der Waals surface area contributed by atoms with E-state index in [2.05, 4.69) is 52.5 Å². The molecule has 3 aliphatic heterocycles. The Labute approximate surface area is 401 Å². The van der Waals surface area contributed by atoms with Crippen molar-refractivity contribution in [2.75, 3.05) is 63.3 Å². The number of hydrogen-bond donors (Lipinski definition) is 6. The third kappa shape index (κ3) is 11.6. The minimum atomic E-state index is -0.646. The van der Waals surface area contributed by atoms with Gasteiger partial charge in [-0.25, -0.2) is 9.97 Å². The molecule has 2 saturated heterocycles. The summed E-state index contributed by atoms with van der Waals surface area (Å²) in [6.07, 6.45) is 9.59. The zero-order chi connectivity index (χ0) is 46.6. The van der Waals surface area contributed by atoms with E-state index in [4.69, 9.17) is 19.9 Å². The highest BCUT2D eigenvalue weighted by Crippen LogP contribution is 2.41. The van der Waals surface area contributed by atoms with Crippen LogP contribution in [0.4, 0.5) is 11.4 Å². The quantitative estimate of drug-likeness (QED) is 0.0348. The van der Waals surface area contributed by atoms with E-state index in [9.17, 15) is 19.2 Å². The maximum Gasteiger partial charge on any atom is 0.255 e. The van der Waals surface area contributed by atoms with Gasteiger partial charge in [-0.3, -0.25) is 24.5 Å². The standard InChI is InChI=1S/C49H59N11O7.ClH/c1-2-34-36(44(50)62)14-13-35(43(34)57-49(18-21-51-22-19-49)48-56-45(58-59-48)40-17-20-52-31-54-40)32-9-7-10-33(29-32)67-25-6-4-3-5-24-65-27-28-66-26-23-53-39-12-8-11-37-38(39)30-60(47(37)64)41-15-16-42(61)55-46(41)63;/h7-14,17,20,29,31,41,51,53,57H,2-6,15-16,18-19,21-28,30H2,1H3,(H2,50,62)(H,55,61,63)(H,56,58,59);1H. The predicted molar refractivity (Wildman–Crippen MR) is 258 cm³/mol. The Kier molecular flexibility index (Phi) is 17.1. The second-order valence-electron chi connectivity index (χ2n) is 17.0. The highest BCUT2D eigenvalue weighted by atomic mass is 35.5. The second kappa shape index (κ2) is 23.5. The average Bonchev–Trinajstić information content (AvgIpc) is 3.98. The number of nitrogens with one attached hydrogen (secondary N) is 5. The number of benzene rings is 3. The molecule has 0 spiro atoms. The number of primary amides is 1. The first-order valence-electron chi connectivity index (χ1n) is 23.3. The number of piperidine rings is 2. The van der Waals surface area contributed by atoms with Crippen molar-refractivity contribution in [1.82, 2.24) is 40.7 Å². The largest absolute Gasteiger partial charge is 0.494 e. The van der Waals surface area contributed by atoms with Crippen LogP contribution < -0.4 is 31.7 Å². The van der Waals surface area contributed by atoms with E-state index in [1.54, 1.807) is 23.2 Å². The summed E-state index contributed by atoms with van der Waals surface area (Å²) >= 11 is 0. The highest BCUT2D eigenvalue weighted by molar-refractivity contribution is 6.06. The van der Waals surface area contributed by atoms with E-state index in [0.717, 1.165) is 91.0 Å². The summed E-state index contributed by atoms with van der Waals surface area (Å²) in [6, 6.07) is 18.5. The molecule has 19 heteroatoms. The number of carbonyl (C=O) groups excluding carboxylic acids is 4. The number of carbonyl (C=O) groups is 4. The summed E-state index contributed by atoms with van der Waals surface area (Å²) in [5.41, 5.74) is 12.2. The molecule has 2 aromatic heterocycles. The zero-order valence-electron chi connectivity index (χ0n) is 38.3. The maximum absolute atomic E-state index is 13.1. The van der Waals surface area contributed by atoms with Crippen molar-refractivity contribution in [3.8, 4) is 28.4 Å². The Bertz CT molecular complexity index is 2540. The first-order chi connectivity index (χ1) is 32.7. The van der Waals surface area contributed by atoms with Crippen molar-refractivity contribution in [3.63, 3.8) is 0 Å². The first kappa shape index (κ1) is 49.4. The van der Waals surface area contributed by atoms with Gasteiger partial charge in [0.05, 0.1) is 32.0 Å². The van der Waals surface area contributed by atoms with Crippen LogP contribution in [-0.2, 0) is 37.6 Å². The van der Waals surface area contributed by atoms with E-state index in [-0.39, 0.29) is 30.6 Å². The molecule has 5 aromatic rings. The SMILES string of the molecule is CCc1c(C(N)=O)ccc(-c2cccc(OCCCCCCOCCOCCNc3cccc4c3CN(C3CCC(=O)NC3=O)C4=O)c2)c1NC1(c2nnc(-c3ccncn3)[nH]2)CCNCC1.Cl. The van der Waals surface area contributed by atoms with E-state index in [1.165, 1.54) is 6.33 Å². The number of fused-ring (bicyclic) bond motifs is 1. The van der Waals surface area contributed by atoms with Crippen LogP contribution in [-0.4, -0.2) is 112 Å². The van der Waals surface area contributed by atoms with Gasteiger partial charge in [0.2, 0.25) is 17.7 Å². The van der Waals surface area contributed by atoms with Gasteiger partial charge >= 0.3 is 0 Å². The summed E-state index contributed by atoms with van der Waals surface area (Å²) in [4.78, 5) is 63.2. The molecule has 4 amide bonds. The van der Waals surface area contributed by atoms with E-state index in [0.29, 0.717) is 87.4 Å². The molecular formula is C49H60ClN11O7. The second-order valence-corrected chi connectivity index (χ2v) is 17.0. The average molecular weight is 951 g/mol. The number of hydrogen-bond acceptors (Lipinski definition) is 14. The monoisotopic (exact) mass is 949 g/mol. The number of ether oxygens (including phenoxy) is 3. The van der Waals surface area contributed by atoms with Crippen LogP contribution in [0.2, 0.25) is 0 Å². The molecule has 1 unspecified atom stereocenters. The highest BCUT2D eigenvalue weighted by Gasteiger charge is 2.41. The van der Waals surface area contributed by atoms with Crippen LogP contribution in [0.3, 0.4) is 0 Å². The Morgan fingerprint density at radius 1 is 0.912 bits per heavy atom. The lowest BCUT2D eigenvalue weighted by atomic mass is 9.85. The molecule has 18 nitrogen and oxygen atoms in total. The van der Waals surface area contributed by atoms with E-state index < -0.39 is 23.4 Å². The van der Waals surface area contributed by atoms with Crippen LogP contribution in [0.1, 0.15) is 96.0 Å². The molecule has 7 N–H and O–H groups in total. The first-order valence-corrected chi connectivity index (χ1v) is 23.3. The molecule has 0 aliphatic carbocycles. The van der Waals surface area contributed by atoms with Crippen LogP contribution in [0.5, 0.6) is 5.75 Å². The Balaban J connectivity index is 0.00000684. The van der Waals surface area contributed by atoms with Gasteiger partial charge in [0.25, 0.3) is 5.91 Å². The summed E-state index contributed by atoms with van der Waals surface area (Å²) in [5, 5.41) is 22.2. The molecular weight excluding hydrogens is 890 g/mol. The molecule has 360 valence electrons. The number of unbranched alkanes of at least 4 members (excludes halogenated alkanes) is 3. The third-order valence-corrected chi connectivity index (χ3v) is 12.6. The Hall–Kier alpha value is -6.47. The molecule has 2 fully saturated rings. The van der Waals surface area contributed by atoms with Crippen LogP contribution >= 0.6 is 12.4 Å². The van der Waals surface area contributed by atoms with Crippen molar-refractivity contribution in [2.24, 2.45) is 5.73 Å². The number of nitrogens with zero attached hydrogens (tertiary/aromatic N) is 5. The van der Waals surface area contributed by atoms with Crippen molar-refractivity contribution in [2.45, 2.75) is 82.8 Å². The fourth-order valence-corrected chi connectivity index (χ4v) is 9.10. The smallest absolute Gasteiger partial charge is 0.255 e. The third-order valence-electron chi connectivity index (χ3n) is 12.6. The van der Waals surface area contributed by atoms with Gasteiger partial charge in [0.1, 0.15) is 23.8 Å². The molecule has 1 atom stereocenters. The van der Waals surface area contributed by atoms with Gasteiger partial charge in [-0.1, -0.05) is 37.6 Å². The summed E-state index contributed by atoms with van der Waals surface area (Å²) in [7, 11) is 0. The van der Waals surface area contributed by atoms with Gasteiger partial charge in [-0.2, -0.15) is 0 Å². The molecule has 0 bridgehead atoms. The van der Waals surface area contributed by atoms with Crippen molar-refractivity contribution in [1.29, 1.82) is 0 Å². The minimum absolute atomic E-state index is 0. The molecule has 0 saturated carbocycles.